The highest BCUT2D eigenvalue weighted by molar-refractivity contribution is 6.35. The molecule has 0 aliphatic heterocycles. The number of rotatable bonds is 4. The minimum absolute atomic E-state index is 0.0204. The molecule has 1 aromatic carbocycles. The van der Waals surface area contributed by atoms with Crippen molar-refractivity contribution in [3.05, 3.63) is 28.2 Å². The number of amides is 1. The Balaban J connectivity index is 1.77. The molecule has 0 unspecified atom stereocenters. The molecule has 2 rings (SSSR count). The predicted molar refractivity (Wildman–Crippen MR) is 81.5 cm³/mol. The minimum Gasteiger partial charge on any atom is -0.482 e. The Morgan fingerprint density at radius 1 is 1.30 bits per heavy atom. The first kappa shape index (κ1) is 15.5. The number of ether oxygens (including phenoxy) is 1. The van der Waals surface area contributed by atoms with Crippen molar-refractivity contribution in [3.8, 4) is 5.75 Å². The summed E-state index contributed by atoms with van der Waals surface area (Å²) in [6, 6.07) is 5.23. The van der Waals surface area contributed by atoms with Crippen molar-refractivity contribution in [1.82, 2.24) is 5.32 Å². The zero-order valence-electron chi connectivity index (χ0n) is 11.5. The molecule has 20 heavy (non-hydrogen) atoms. The van der Waals surface area contributed by atoms with E-state index in [0.717, 1.165) is 18.8 Å². The van der Waals surface area contributed by atoms with Gasteiger partial charge in [0.25, 0.3) is 5.91 Å². The lowest BCUT2D eigenvalue weighted by molar-refractivity contribution is -0.124. The molecule has 0 spiro atoms. The van der Waals surface area contributed by atoms with E-state index in [9.17, 15) is 4.79 Å². The van der Waals surface area contributed by atoms with Crippen LogP contribution in [0, 0.1) is 5.92 Å². The van der Waals surface area contributed by atoms with Crippen LogP contribution in [0.25, 0.3) is 0 Å². The summed E-state index contributed by atoms with van der Waals surface area (Å²) in [4.78, 5) is 11.8. The first-order valence-electron chi connectivity index (χ1n) is 6.92. The topological polar surface area (TPSA) is 38.3 Å². The highest BCUT2D eigenvalue weighted by Gasteiger charge is 2.19. The molecule has 3 nitrogen and oxygen atoms in total. The standard InChI is InChI=1S/C15H19Cl2NO2/c1-10-2-5-12(6-3-10)18-15(19)9-20-14-7-4-11(16)8-13(14)17/h4,7-8,10,12H,2-3,5-6,9H2,1H3,(H,18,19). The van der Waals surface area contributed by atoms with Gasteiger partial charge >= 0.3 is 0 Å². The Morgan fingerprint density at radius 3 is 2.65 bits per heavy atom. The fraction of sp³-hybridized carbons (Fsp3) is 0.533. The van der Waals surface area contributed by atoms with Crippen LogP contribution in [0.4, 0.5) is 0 Å². The molecule has 1 amide bonds. The van der Waals surface area contributed by atoms with E-state index in [1.54, 1.807) is 18.2 Å². The number of nitrogens with one attached hydrogen (secondary N) is 1. The smallest absolute Gasteiger partial charge is 0.258 e. The van der Waals surface area contributed by atoms with E-state index in [0.29, 0.717) is 15.8 Å². The second-order valence-corrected chi connectivity index (χ2v) is 6.23. The molecule has 5 heteroatoms. The molecular weight excluding hydrogens is 297 g/mol. The Hall–Kier alpha value is -0.930. The summed E-state index contributed by atoms with van der Waals surface area (Å²) in [5.74, 6) is 1.14. The van der Waals surface area contributed by atoms with E-state index < -0.39 is 0 Å². The lowest BCUT2D eigenvalue weighted by Crippen LogP contribution is -2.39. The Labute approximate surface area is 129 Å². The van der Waals surface area contributed by atoms with Crippen LogP contribution in [0.2, 0.25) is 10.0 Å². The zero-order chi connectivity index (χ0) is 14.5. The molecule has 1 saturated carbocycles. The van der Waals surface area contributed by atoms with Crippen LogP contribution in [0.15, 0.2) is 18.2 Å². The average Bonchev–Trinajstić information content (AvgIpc) is 2.40. The van der Waals surface area contributed by atoms with Crippen LogP contribution < -0.4 is 10.1 Å². The second-order valence-electron chi connectivity index (χ2n) is 5.39. The quantitative estimate of drug-likeness (QED) is 0.909. The summed E-state index contributed by atoms with van der Waals surface area (Å²) < 4.78 is 5.41. The van der Waals surface area contributed by atoms with Gasteiger partial charge in [-0.05, 0) is 49.8 Å². The van der Waals surface area contributed by atoms with Crippen molar-refractivity contribution in [2.45, 2.75) is 38.6 Å². The van der Waals surface area contributed by atoms with Crippen molar-refractivity contribution in [3.63, 3.8) is 0 Å². The maximum Gasteiger partial charge on any atom is 0.258 e. The fourth-order valence-corrected chi connectivity index (χ4v) is 2.87. The SMILES string of the molecule is CC1CCC(NC(=O)COc2ccc(Cl)cc2Cl)CC1. The van der Waals surface area contributed by atoms with E-state index in [-0.39, 0.29) is 18.6 Å². The van der Waals surface area contributed by atoms with E-state index in [1.807, 2.05) is 0 Å². The molecule has 1 aromatic rings. The molecular formula is C15H19Cl2NO2. The molecule has 0 bridgehead atoms. The van der Waals surface area contributed by atoms with Crippen molar-refractivity contribution in [1.29, 1.82) is 0 Å². The van der Waals surface area contributed by atoms with Crippen LogP contribution in [-0.2, 0) is 4.79 Å². The van der Waals surface area contributed by atoms with E-state index in [1.165, 1.54) is 12.8 Å². The molecule has 0 heterocycles. The molecule has 0 atom stereocenters. The number of halogens is 2. The highest BCUT2D eigenvalue weighted by Crippen LogP contribution is 2.27. The number of carbonyl (C=O) groups is 1. The molecule has 1 fully saturated rings. The fourth-order valence-electron chi connectivity index (χ4n) is 2.41. The number of benzene rings is 1. The molecule has 0 aromatic heterocycles. The van der Waals surface area contributed by atoms with Crippen LogP contribution in [0.3, 0.4) is 0 Å². The molecule has 110 valence electrons. The molecule has 1 aliphatic rings. The maximum absolute atomic E-state index is 11.8. The number of hydrogen-bond acceptors (Lipinski definition) is 2. The third kappa shape index (κ3) is 4.57. The summed E-state index contributed by atoms with van der Waals surface area (Å²) in [7, 11) is 0. The van der Waals surface area contributed by atoms with E-state index in [4.69, 9.17) is 27.9 Å². The molecule has 1 N–H and O–H groups in total. The summed E-state index contributed by atoms with van der Waals surface area (Å²) >= 11 is 11.8. The van der Waals surface area contributed by atoms with Crippen molar-refractivity contribution < 1.29 is 9.53 Å². The van der Waals surface area contributed by atoms with Gasteiger partial charge in [-0.15, -0.1) is 0 Å². The van der Waals surface area contributed by atoms with Crippen LogP contribution in [0.1, 0.15) is 32.6 Å². The largest absolute Gasteiger partial charge is 0.482 e. The molecule has 1 aliphatic carbocycles. The Morgan fingerprint density at radius 2 is 2.00 bits per heavy atom. The first-order valence-corrected chi connectivity index (χ1v) is 7.67. The predicted octanol–water partition coefficient (Wildman–Crippen LogP) is 4.07. The monoisotopic (exact) mass is 315 g/mol. The van der Waals surface area contributed by atoms with Gasteiger partial charge in [0, 0.05) is 11.1 Å². The Kier molecular flexibility index (Phi) is 5.55. The highest BCUT2D eigenvalue weighted by atomic mass is 35.5. The van der Waals surface area contributed by atoms with Crippen molar-refractivity contribution in [2.75, 3.05) is 6.61 Å². The number of carbonyl (C=O) groups excluding carboxylic acids is 1. The van der Waals surface area contributed by atoms with Gasteiger partial charge in [-0.3, -0.25) is 4.79 Å². The summed E-state index contributed by atoms with van der Waals surface area (Å²) in [5, 5.41) is 3.97. The second kappa shape index (κ2) is 7.19. The van der Waals surface area contributed by atoms with Gasteiger partial charge in [-0.25, -0.2) is 0 Å². The lowest BCUT2D eigenvalue weighted by Gasteiger charge is -2.26. The summed E-state index contributed by atoms with van der Waals surface area (Å²) in [5.41, 5.74) is 0. The third-order valence-electron chi connectivity index (χ3n) is 3.63. The van der Waals surface area contributed by atoms with Crippen molar-refractivity contribution in [2.24, 2.45) is 5.92 Å². The Bertz CT molecular complexity index is 471. The summed E-state index contributed by atoms with van der Waals surface area (Å²) in [6.45, 7) is 2.23. The van der Waals surface area contributed by atoms with Gasteiger partial charge in [-0.2, -0.15) is 0 Å². The van der Waals surface area contributed by atoms with Crippen LogP contribution >= 0.6 is 23.2 Å². The van der Waals surface area contributed by atoms with Gasteiger partial charge in [-0.1, -0.05) is 30.1 Å². The molecule has 0 radical (unpaired) electrons. The average molecular weight is 316 g/mol. The van der Waals surface area contributed by atoms with Gasteiger partial charge < -0.3 is 10.1 Å². The van der Waals surface area contributed by atoms with Crippen molar-refractivity contribution >= 4 is 29.1 Å². The number of hydrogen-bond donors (Lipinski definition) is 1. The first-order chi connectivity index (χ1) is 9.54. The van der Waals surface area contributed by atoms with Gasteiger partial charge in [0.05, 0.1) is 5.02 Å². The van der Waals surface area contributed by atoms with E-state index >= 15 is 0 Å². The lowest BCUT2D eigenvalue weighted by atomic mass is 9.87. The van der Waals surface area contributed by atoms with Gasteiger partial charge in [0.2, 0.25) is 0 Å². The van der Waals surface area contributed by atoms with Crippen LogP contribution in [-0.4, -0.2) is 18.6 Å². The molecule has 0 saturated heterocycles. The minimum atomic E-state index is -0.101. The maximum atomic E-state index is 11.8. The van der Waals surface area contributed by atoms with E-state index in [2.05, 4.69) is 12.2 Å². The summed E-state index contributed by atoms with van der Waals surface area (Å²) in [6.07, 6.45) is 4.45. The zero-order valence-corrected chi connectivity index (χ0v) is 13.0. The normalized spacial score (nSPS) is 22.4. The van der Waals surface area contributed by atoms with Crippen LogP contribution in [0.5, 0.6) is 5.75 Å². The third-order valence-corrected chi connectivity index (χ3v) is 4.16. The van der Waals surface area contributed by atoms with Gasteiger partial charge in [0.1, 0.15) is 5.75 Å². The van der Waals surface area contributed by atoms with Gasteiger partial charge in [0.15, 0.2) is 6.61 Å².